The summed E-state index contributed by atoms with van der Waals surface area (Å²) in [7, 11) is 0.675. The Kier molecular flexibility index (Phi) is 5.91. The number of ether oxygens (including phenoxy) is 2. The van der Waals surface area contributed by atoms with Crippen LogP contribution in [0.25, 0.3) is 0 Å². The van der Waals surface area contributed by atoms with Gasteiger partial charge in [-0.25, -0.2) is 0 Å². The molecule has 0 aromatic heterocycles. The summed E-state index contributed by atoms with van der Waals surface area (Å²) in [5.41, 5.74) is -0.107. The predicted octanol–water partition coefficient (Wildman–Crippen LogP) is 0.614. The van der Waals surface area contributed by atoms with E-state index in [-0.39, 0.29) is 12.2 Å². The summed E-state index contributed by atoms with van der Waals surface area (Å²) in [6.45, 7) is 10.2. The first kappa shape index (κ1) is 13.5. The minimum atomic E-state index is -0.667. The molecule has 82 valence electrons. The van der Waals surface area contributed by atoms with Gasteiger partial charge in [0.1, 0.15) is 5.41 Å². The second-order valence-corrected chi connectivity index (χ2v) is 4.90. The average Bonchev–Trinajstić information content (AvgIpc) is 2.04. The molecule has 0 fully saturated rings. The molecule has 0 unspecified atom stereocenters. The predicted molar refractivity (Wildman–Crippen MR) is 60.4 cm³/mol. The van der Waals surface area contributed by atoms with Crippen LogP contribution in [0.3, 0.4) is 0 Å². The third-order valence-electron chi connectivity index (χ3n) is 1.86. The molecule has 0 spiro atoms. The Hall–Kier alpha value is -0.453. The Morgan fingerprint density at radius 1 is 1.36 bits per heavy atom. The van der Waals surface area contributed by atoms with Gasteiger partial charge in [-0.1, -0.05) is 6.58 Å². The highest BCUT2D eigenvalue weighted by Gasteiger charge is 2.27. The molecule has 0 N–H and O–H groups in total. The smallest absolute Gasteiger partial charge is 0.162 e. The van der Waals surface area contributed by atoms with Crippen molar-refractivity contribution in [2.75, 3.05) is 13.2 Å². The monoisotopic (exact) mass is 216 g/mol. The Balaban J connectivity index is 4.35. The van der Waals surface area contributed by atoms with Gasteiger partial charge in [0, 0.05) is 13.2 Å². The van der Waals surface area contributed by atoms with Gasteiger partial charge in [0.25, 0.3) is 0 Å². The van der Waals surface area contributed by atoms with Gasteiger partial charge in [0.2, 0.25) is 0 Å². The molecule has 3 nitrogen and oxygen atoms in total. The van der Waals surface area contributed by atoms with E-state index in [1.807, 2.05) is 13.8 Å². The molecule has 0 radical (unpaired) electrons. The Labute approximate surface area is 88.9 Å². The molecule has 0 saturated heterocycles. The molecule has 0 heterocycles. The number of carbonyl (C=O) groups excluding carboxylic acids is 1. The second-order valence-electron chi connectivity index (χ2n) is 3.38. The van der Waals surface area contributed by atoms with Crippen LogP contribution in [0.4, 0.5) is 0 Å². The lowest BCUT2D eigenvalue weighted by Crippen LogP contribution is -2.39. The van der Waals surface area contributed by atoms with Crippen molar-refractivity contribution in [3.63, 3.8) is 0 Å². The topological polar surface area (TPSA) is 35.5 Å². The molecule has 0 aromatic rings. The van der Waals surface area contributed by atoms with E-state index < -0.39 is 5.41 Å². The zero-order valence-corrected chi connectivity index (χ0v) is 11.6. The fraction of sp³-hybridized carbons (Fsp3) is 0.700. The molecule has 14 heavy (non-hydrogen) atoms. The fourth-order valence-corrected chi connectivity index (χ4v) is 2.10. The maximum atomic E-state index is 11.5. The summed E-state index contributed by atoms with van der Waals surface area (Å²) in [5, 5.41) is 0. The summed E-state index contributed by atoms with van der Waals surface area (Å²) in [6, 6.07) is 0. The average molecular weight is 216 g/mol. The summed E-state index contributed by atoms with van der Waals surface area (Å²) in [4.78, 5) is 11.5. The molecule has 0 saturated carbocycles. The number of Topliss-reactive ketones (excluding diaryl/α,β-unsaturated/α-hetero) is 1. The molecule has 0 atom stereocenters. The minimum Gasteiger partial charge on any atom is -0.355 e. The maximum absolute atomic E-state index is 11.5. The van der Waals surface area contributed by atoms with E-state index in [4.69, 9.17) is 9.47 Å². The first-order chi connectivity index (χ1) is 6.45. The summed E-state index contributed by atoms with van der Waals surface area (Å²) < 4.78 is 10.9. The van der Waals surface area contributed by atoms with E-state index in [2.05, 4.69) is 6.58 Å². The van der Waals surface area contributed by atoms with E-state index in [1.54, 1.807) is 6.92 Å². The molecule has 4 heteroatoms. The van der Waals surface area contributed by atoms with Gasteiger partial charge in [-0.3, -0.25) is 4.79 Å². The van der Waals surface area contributed by atoms with Gasteiger partial charge in [0.15, 0.2) is 5.78 Å². The first-order valence-corrected chi connectivity index (χ1v) is 5.91. The van der Waals surface area contributed by atoms with Crippen LogP contribution < -0.4 is 0 Å². The van der Waals surface area contributed by atoms with E-state index in [0.717, 1.165) is 0 Å². The second kappa shape index (κ2) is 6.11. The van der Waals surface area contributed by atoms with Gasteiger partial charge in [-0.15, -0.1) is 0 Å². The molecule has 0 rings (SSSR count). The Morgan fingerprint density at radius 3 is 2.07 bits per heavy atom. The molecule has 0 aliphatic carbocycles. The quantitative estimate of drug-likeness (QED) is 0.355. The number of rotatable bonds is 7. The Bertz CT molecular complexity index is 207. The lowest BCUT2D eigenvalue weighted by Gasteiger charge is -2.28. The van der Waals surface area contributed by atoms with Crippen LogP contribution in [0.5, 0.6) is 0 Å². The number of carbonyl (C=O) groups is 1. The van der Waals surface area contributed by atoms with Crippen molar-refractivity contribution in [3.8, 4) is 0 Å². The minimum absolute atomic E-state index is 0.0156. The number of hydrogen-bond donors (Lipinski definition) is 0. The van der Waals surface area contributed by atoms with E-state index >= 15 is 0 Å². The van der Waals surface area contributed by atoms with Gasteiger partial charge < -0.3 is 9.47 Å². The first-order valence-electron chi connectivity index (χ1n) is 4.91. The van der Waals surface area contributed by atoms with Crippen LogP contribution in [0.2, 0.25) is 0 Å². The highest BCUT2D eigenvalue weighted by Crippen LogP contribution is 2.16. The summed E-state index contributed by atoms with van der Waals surface area (Å²) in [6.07, 6.45) is 0.288. The van der Waals surface area contributed by atoms with E-state index in [0.29, 0.717) is 29.0 Å². The van der Waals surface area contributed by atoms with Gasteiger partial charge >= 0.3 is 0 Å². The van der Waals surface area contributed by atoms with Crippen molar-refractivity contribution in [2.24, 2.45) is 0 Å². The molecule has 0 bridgehead atoms. The molecular formula is C10H20O3Si. The zero-order valence-electron chi connectivity index (χ0n) is 9.55. The molecule has 0 amide bonds. The van der Waals surface area contributed by atoms with Gasteiger partial charge in [0.05, 0.1) is 16.7 Å². The van der Waals surface area contributed by atoms with Crippen molar-refractivity contribution in [3.05, 3.63) is 12.2 Å². The summed E-state index contributed by atoms with van der Waals surface area (Å²) in [5.74, 6) is 0.0156. The van der Waals surface area contributed by atoms with Crippen molar-refractivity contribution in [1.29, 1.82) is 0 Å². The molecule has 0 aromatic carbocycles. The number of hydrogen-bond acceptors (Lipinski definition) is 3. The Morgan fingerprint density at radius 2 is 1.79 bits per heavy atom. The van der Waals surface area contributed by atoms with Gasteiger partial charge in [-0.05, 0) is 26.3 Å². The van der Waals surface area contributed by atoms with Crippen molar-refractivity contribution >= 4 is 16.0 Å². The third kappa shape index (κ3) is 4.69. The standard InChI is InChI=1S/C10H20O3Si/c1-5-12-10(14,13-6-2)7-9(11)8(3)4/h3,5-7H2,1-2,4,14H3. The van der Waals surface area contributed by atoms with Crippen molar-refractivity contribution in [2.45, 2.75) is 32.6 Å². The maximum Gasteiger partial charge on any atom is 0.162 e. The number of ketones is 1. The highest BCUT2D eigenvalue weighted by molar-refractivity contribution is 6.16. The third-order valence-corrected chi connectivity index (χ3v) is 2.79. The fourth-order valence-electron chi connectivity index (χ4n) is 1.20. The van der Waals surface area contributed by atoms with Crippen molar-refractivity contribution < 1.29 is 14.3 Å². The van der Waals surface area contributed by atoms with Crippen LogP contribution in [0.15, 0.2) is 12.2 Å². The largest absolute Gasteiger partial charge is 0.355 e. The molecule has 0 aliphatic heterocycles. The van der Waals surface area contributed by atoms with Crippen molar-refractivity contribution in [1.82, 2.24) is 0 Å². The molecule has 0 aliphatic rings. The SMILES string of the molecule is C=C(C)C(=O)CC([SiH3])(OCC)OCC. The van der Waals surface area contributed by atoms with Crippen LogP contribution in [0, 0.1) is 0 Å². The van der Waals surface area contributed by atoms with Crippen LogP contribution >= 0.6 is 0 Å². The molecular weight excluding hydrogens is 196 g/mol. The number of allylic oxidation sites excluding steroid dienone is 1. The van der Waals surface area contributed by atoms with E-state index in [1.165, 1.54) is 0 Å². The normalized spacial score (nSPS) is 11.6. The van der Waals surface area contributed by atoms with Crippen LogP contribution in [0.1, 0.15) is 27.2 Å². The summed E-state index contributed by atoms with van der Waals surface area (Å²) >= 11 is 0. The van der Waals surface area contributed by atoms with Crippen LogP contribution in [-0.2, 0) is 14.3 Å². The zero-order chi connectivity index (χ0) is 11.2. The lowest BCUT2D eigenvalue weighted by atomic mass is 10.1. The van der Waals surface area contributed by atoms with Crippen LogP contribution in [-0.4, -0.2) is 34.6 Å². The highest BCUT2D eigenvalue weighted by atomic mass is 28.1. The van der Waals surface area contributed by atoms with Gasteiger partial charge in [-0.2, -0.15) is 0 Å². The van der Waals surface area contributed by atoms with E-state index in [9.17, 15) is 4.79 Å². The lowest BCUT2D eigenvalue weighted by molar-refractivity contribution is -0.178.